The summed E-state index contributed by atoms with van der Waals surface area (Å²) >= 11 is 0. The van der Waals surface area contributed by atoms with Crippen LogP contribution in [0.4, 0.5) is 0 Å². The Labute approximate surface area is 352 Å². The Bertz CT molecular complexity index is 941. The Morgan fingerprint density at radius 3 is 1.16 bits per heavy atom. The third-order valence-corrected chi connectivity index (χ3v) is 11.9. The van der Waals surface area contributed by atoms with Crippen LogP contribution in [0.2, 0.25) is 0 Å². The van der Waals surface area contributed by atoms with Crippen LogP contribution in [0.15, 0.2) is 12.2 Å². The maximum atomic E-state index is 12.6. The maximum absolute atomic E-state index is 12.6. The molecule has 0 radical (unpaired) electrons. The van der Waals surface area contributed by atoms with Crippen LogP contribution in [-0.4, -0.2) is 42.8 Å². The molecule has 1 N–H and O–H groups in total. The van der Waals surface area contributed by atoms with Gasteiger partial charge in [-0.05, 0) is 45.4 Å². The summed E-state index contributed by atoms with van der Waals surface area (Å²) in [6.07, 6.45) is 48.4. The topological polar surface area (TPSA) is 108 Å². The first-order chi connectivity index (χ1) is 27.8. The van der Waals surface area contributed by atoms with E-state index >= 15 is 0 Å². The second-order valence-corrected chi connectivity index (χ2v) is 17.9. The van der Waals surface area contributed by atoms with E-state index in [0.29, 0.717) is 12.8 Å². The number of hydrogen-bond donors (Lipinski definition) is 1. The summed E-state index contributed by atoms with van der Waals surface area (Å²) in [6.45, 7) is 5.52. The number of ether oxygens (including phenoxy) is 2. The minimum absolute atomic E-state index is 0.00359. The summed E-state index contributed by atoms with van der Waals surface area (Å²) in [6, 6.07) is 0. The zero-order chi connectivity index (χ0) is 41.8. The van der Waals surface area contributed by atoms with E-state index in [2.05, 4.69) is 26.0 Å². The van der Waals surface area contributed by atoms with Crippen LogP contribution < -0.4 is 0 Å². The lowest BCUT2D eigenvalue weighted by Crippen LogP contribution is -2.29. The first kappa shape index (κ1) is 55.8. The quantitative estimate of drug-likeness (QED) is 0.0280. The third-order valence-electron chi connectivity index (χ3n) is 10.8. The largest absolute Gasteiger partial charge is 0.472 e. The van der Waals surface area contributed by atoms with Crippen molar-refractivity contribution in [2.45, 2.75) is 264 Å². The van der Waals surface area contributed by atoms with Gasteiger partial charge in [0.25, 0.3) is 0 Å². The average molecular weight is 829 g/mol. The number of hydrogen-bond acceptors (Lipinski definition) is 7. The second-order valence-electron chi connectivity index (χ2n) is 16.5. The number of allylic oxidation sites excluding steroid dienone is 2. The van der Waals surface area contributed by atoms with Gasteiger partial charge in [-0.3, -0.25) is 18.6 Å². The molecule has 2 atom stereocenters. The van der Waals surface area contributed by atoms with Gasteiger partial charge >= 0.3 is 19.8 Å². The lowest BCUT2D eigenvalue weighted by atomic mass is 10.0. The van der Waals surface area contributed by atoms with E-state index in [0.717, 1.165) is 32.1 Å². The Hall–Kier alpha value is -1.21. The maximum Gasteiger partial charge on any atom is 0.472 e. The summed E-state index contributed by atoms with van der Waals surface area (Å²) in [5.74, 6) is -0.784. The highest BCUT2D eigenvalue weighted by Gasteiger charge is 2.25. The fourth-order valence-electron chi connectivity index (χ4n) is 7.21. The average Bonchev–Trinajstić information content (AvgIpc) is 3.19. The van der Waals surface area contributed by atoms with E-state index < -0.39 is 19.9 Å². The van der Waals surface area contributed by atoms with E-state index in [-0.39, 0.29) is 32.2 Å². The zero-order valence-corrected chi connectivity index (χ0v) is 38.7. The van der Waals surface area contributed by atoms with Crippen molar-refractivity contribution >= 4 is 19.8 Å². The standard InChI is InChI=1S/C48H93O8P/c1-4-7-9-11-13-15-17-19-21-23-25-27-29-31-33-35-37-39-41-43-48(50)56-46(45-55-57(51,52)54-6-3)44-53-47(49)42-40-38-36-34-32-30-28-26-24-22-20-18-16-14-12-10-8-5-2/h19,21,46H,4-18,20,22-45H2,1-3H3,(H,51,52)/b21-19-. The van der Waals surface area contributed by atoms with Crippen LogP contribution in [0, 0.1) is 0 Å². The highest BCUT2D eigenvalue weighted by molar-refractivity contribution is 7.47. The summed E-state index contributed by atoms with van der Waals surface area (Å²) in [7, 11) is -4.28. The smallest absolute Gasteiger partial charge is 0.462 e. The predicted octanol–water partition coefficient (Wildman–Crippen LogP) is 15.6. The highest BCUT2D eigenvalue weighted by atomic mass is 31.2. The van der Waals surface area contributed by atoms with Gasteiger partial charge in [-0.2, -0.15) is 0 Å². The van der Waals surface area contributed by atoms with Gasteiger partial charge in [0.2, 0.25) is 0 Å². The molecule has 57 heavy (non-hydrogen) atoms. The van der Waals surface area contributed by atoms with Crippen molar-refractivity contribution in [3.8, 4) is 0 Å². The Morgan fingerprint density at radius 1 is 0.456 bits per heavy atom. The summed E-state index contributed by atoms with van der Waals surface area (Å²) in [5.41, 5.74) is 0. The molecule has 0 rings (SSSR count). The monoisotopic (exact) mass is 829 g/mol. The molecule has 9 heteroatoms. The minimum Gasteiger partial charge on any atom is -0.462 e. The van der Waals surface area contributed by atoms with Crippen molar-refractivity contribution in [1.29, 1.82) is 0 Å². The summed E-state index contributed by atoms with van der Waals surface area (Å²) < 4.78 is 32.8. The SMILES string of the molecule is CCCCCCCC/C=C\CCCCCCCCCCCC(=O)OC(COC(=O)CCCCCCCCCCCCCCCCCCCC)COP(=O)(O)OCC. The van der Waals surface area contributed by atoms with Gasteiger partial charge in [-0.25, -0.2) is 4.57 Å². The van der Waals surface area contributed by atoms with Crippen LogP contribution in [0.25, 0.3) is 0 Å². The van der Waals surface area contributed by atoms with Gasteiger partial charge in [0.15, 0.2) is 6.10 Å². The molecule has 0 aromatic carbocycles. The molecule has 0 aromatic heterocycles. The van der Waals surface area contributed by atoms with Gasteiger partial charge in [-0.15, -0.1) is 0 Å². The molecule has 0 saturated heterocycles. The van der Waals surface area contributed by atoms with E-state index in [4.69, 9.17) is 18.5 Å². The van der Waals surface area contributed by atoms with Crippen LogP contribution in [0.5, 0.6) is 0 Å². The van der Waals surface area contributed by atoms with E-state index in [1.807, 2.05) is 0 Å². The number of unbranched alkanes of at least 4 members (excludes halogenated alkanes) is 32. The Morgan fingerprint density at radius 2 is 0.789 bits per heavy atom. The summed E-state index contributed by atoms with van der Waals surface area (Å²) in [4.78, 5) is 34.9. The predicted molar refractivity (Wildman–Crippen MR) is 240 cm³/mol. The number of carbonyl (C=O) groups excluding carboxylic acids is 2. The van der Waals surface area contributed by atoms with Crippen molar-refractivity contribution in [2.24, 2.45) is 0 Å². The van der Waals surface area contributed by atoms with E-state index in [9.17, 15) is 19.0 Å². The van der Waals surface area contributed by atoms with Gasteiger partial charge in [-0.1, -0.05) is 212 Å². The minimum atomic E-state index is -4.28. The summed E-state index contributed by atoms with van der Waals surface area (Å²) in [5, 5.41) is 0. The molecule has 0 spiro atoms. The van der Waals surface area contributed by atoms with Gasteiger partial charge in [0.05, 0.1) is 13.2 Å². The number of phosphoric ester groups is 1. The molecule has 0 heterocycles. The molecule has 0 aromatic rings. The lowest BCUT2D eigenvalue weighted by molar-refractivity contribution is -0.161. The fourth-order valence-corrected chi connectivity index (χ4v) is 7.97. The molecule has 0 amide bonds. The fraction of sp³-hybridized carbons (Fsp3) is 0.917. The van der Waals surface area contributed by atoms with E-state index in [1.54, 1.807) is 6.92 Å². The molecule has 0 bridgehead atoms. The van der Waals surface area contributed by atoms with Crippen LogP contribution in [0.1, 0.15) is 258 Å². The molecule has 338 valence electrons. The third kappa shape index (κ3) is 44.2. The molecule has 0 aliphatic rings. The normalized spacial score (nSPS) is 13.3. The Balaban J connectivity index is 3.97. The highest BCUT2D eigenvalue weighted by Crippen LogP contribution is 2.43. The van der Waals surface area contributed by atoms with E-state index in [1.165, 1.54) is 186 Å². The number of rotatable bonds is 46. The molecule has 0 saturated carbocycles. The lowest BCUT2D eigenvalue weighted by Gasteiger charge is -2.19. The molecular weight excluding hydrogens is 735 g/mol. The Kier molecular flexibility index (Phi) is 43.4. The molecule has 0 fully saturated rings. The zero-order valence-electron chi connectivity index (χ0n) is 37.8. The molecule has 8 nitrogen and oxygen atoms in total. The van der Waals surface area contributed by atoms with Crippen molar-refractivity contribution < 1.29 is 37.6 Å². The first-order valence-electron chi connectivity index (χ1n) is 24.5. The number of carbonyl (C=O) groups is 2. The van der Waals surface area contributed by atoms with Gasteiger partial charge in [0.1, 0.15) is 6.61 Å². The van der Waals surface area contributed by atoms with Gasteiger partial charge in [0, 0.05) is 12.8 Å². The molecule has 2 unspecified atom stereocenters. The number of esters is 2. The van der Waals surface area contributed by atoms with Crippen molar-refractivity contribution in [3.05, 3.63) is 12.2 Å². The molecule has 0 aliphatic carbocycles. The number of phosphoric acid groups is 1. The van der Waals surface area contributed by atoms with Crippen LogP contribution in [-0.2, 0) is 32.7 Å². The van der Waals surface area contributed by atoms with Crippen molar-refractivity contribution in [3.63, 3.8) is 0 Å². The van der Waals surface area contributed by atoms with Gasteiger partial charge < -0.3 is 14.4 Å². The van der Waals surface area contributed by atoms with Crippen LogP contribution in [0.3, 0.4) is 0 Å². The van der Waals surface area contributed by atoms with Crippen molar-refractivity contribution in [1.82, 2.24) is 0 Å². The van der Waals surface area contributed by atoms with Crippen molar-refractivity contribution in [2.75, 3.05) is 19.8 Å². The molecule has 0 aliphatic heterocycles. The van der Waals surface area contributed by atoms with Crippen LogP contribution >= 0.6 is 7.82 Å². The first-order valence-corrected chi connectivity index (χ1v) is 26.0. The second kappa shape index (κ2) is 44.3. The molecular formula is C48H93O8P.